The first kappa shape index (κ1) is 16.0. The van der Waals surface area contributed by atoms with Crippen LogP contribution in [0.5, 0.6) is 5.75 Å². The SMILES string of the molecule is NCCCCC(=O)Nc1ccc(OCCC(N)=O)cc1. The molecule has 0 radical (unpaired) electrons. The van der Waals surface area contributed by atoms with E-state index in [-0.39, 0.29) is 18.9 Å². The predicted octanol–water partition coefficient (Wildman–Crippen LogP) is 1.01. The molecule has 5 N–H and O–H groups in total. The molecular weight excluding hydrogens is 258 g/mol. The number of unbranched alkanes of at least 4 members (excludes halogenated alkanes) is 1. The molecule has 0 fully saturated rings. The molecule has 6 nitrogen and oxygen atoms in total. The van der Waals surface area contributed by atoms with E-state index in [0.717, 1.165) is 12.8 Å². The Balaban J connectivity index is 2.34. The number of nitrogens with two attached hydrogens (primary N) is 2. The van der Waals surface area contributed by atoms with Gasteiger partial charge in [0.15, 0.2) is 0 Å². The van der Waals surface area contributed by atoms with Crippen LogP contribution in [-0.2, 0) is 9.59 Å². The van der Waals surface area contributed by atoms with Crippen molar-refractivity contribution in [3.05, 3.63) is 24.3 Å². The van der Waals surface area contributed by atoms with Crippen LogP contribution in [0.15, 0.2) is 24.3 Å². The second kappa shape index (κ2) is 8.92. The highest BCUT2D eigenvalue weighted by atomic mass is 16.5. The summed E-state index contributed by atoms with van der Waals surface area (Å²) in [5.74, 6) is 0.208. The molecule has 0 heterocycles. The normalized spacial score (nSPS) is 10.1. The summed E-state index contributed by atoms with van der Waals surface area (Å²) in [6.45, 7) is 0.852. The van der Waals surface area contributed by atoms with Gasteiger partial charge in [-0.15, -0.1) is 0 Å². The smallest absolute Gasteiger partial charge is 0.224 e. The maximum atomic E-state index is 11.6. The minimum absolute atomic E-state index is 0.0270. The fraction of sp³-hybridized carbons (Fsp3) is 0.429. The van der Waals surface area contributed by atoms with Gasteiger partial charge in [-0.05, 0) is 43.7 Å². The number of amides is 2. The van der Waals surface area contributed by atoms with Gasteiger partial charge in [-0.1, -0.05) is 0 Å². The van der Waals surface area contributed by atoms with E-state index >= 15 is 0 Å². The summed E-state index contributed by atoms with van der Waals surface area (Å²) in [5, 5.41) is 2.79. The monoisotopic (exact) mass is 279 g/mol. The second-order valence-corrected chi connectivity index (χ2v) is 4.38. The fourth-order valence-corrected chi connectivity index (χ4v) is 1.56. The highest BCUT2D eigenvalue weighted by molar-refractivity contribution is 5.90. The molecular formula is C14H21N3O3. The molecule has 0 saturated heterocycles. The number of carbonyl (C=O) groups is 2. The molecule has 0 bridgehead atoms. The number of primary amides is 1. The van der Waals surface area contributed by atoms with Crippen molar-refractivity contribution in [2.45, 2.75) is 25.7 Å². The first-order valence-corrected chi connectivity index (χ1v) is 6.63. The summed E-state index contributed by atoms with van der Waals surface area (Å²) in [6.07, 6.45) is 2.28. The molecule has 1 aromatic rings. The van der Waals surface area contributed by atoms with Crippen molar-refractivity contribution in [3.63, 3.8) is 0 Å². The zero-order valence-corrected chi connectivity index (χ0v) is 11.4. The highest BCUT2D eigenvalue weighted by Gasteiger charge is 2.02. The molecule has 2 amide bonds. The average Bonchev–Trinajstić information content (AvgIpc) is 2.41. The summed E-state index contributed by atoms with van der Waals surface area (Å²) < 4.78 is 5.33. The van der Waals surface area contributed by atoms with Crippen molar-refractivity contribution >= 4 is 17.5 Å². The lowest BCUT2D eigenvalue weighted by Crippen LogP contribution is -2.14. The molecule has 0 atom stereocenters. The predicted molar refractivity (Wildman–Crippen MR) is 77.3 cm³/mol. The van der Waals surface area contributed by atoms with Crippen LogP contribution in [-0.4, -0.2) is 25.0 Å². The summed E-state index contributed by atoms with van der Waals surface area (Å²) >= 11 is 0. The van der Waals surface area contributed by atoms with E-state index in [1.807, 2.05) is 0 Å². The van der Waals surface area contributed by atoms with Crippen molar-refractivity contribution in [2.24, 2.45) is 11.5 Å². The van der Waals surface area contributed by atoms with E-state index < -0.39 is 5.91 Å². The van der Waals surface area contributed by atoms with E-state index in [1.165, 1.54) is 0 Å². The van der Waals surface area contributed by atoms with Gasteiger partial charge < -0.3 is 21.5 Å². The van der Waals surface area contributed by atoms with Gasteiger partial charge >= 0.3 is 0 Å². The molecule has 6 heteroatoms. The number of hydrogen-bond acceptors (Lipinski definition) is 4. The molecule has 1 aromatic carbocycles. The third-order valence-electron chi connectivity index (χ3n) is 2.61. The largest absolute Gasteiger partial charge is 0.493 e. The zero-order valence-electron chi connectivity index (χ0n) is 11.4. The Morgan fingerprint density at radius 3 is 2.40 bits per heavy atom. The lowest BCUT2D eigenvalue weighted by Gasteiger charge is -2.07. The highest BCUT2D eigenvalue weighted by Crippen LogP contribution is 2.16. The van der Waals surface area contributed by atoms with Crippen molar-refractivity contribution in [2.75, 3.05) is 18.5 Å². The summed E-state index contributed by atoms with van der Waals surface area (Å²) in [7, 11) is 0. The van der Waals surface area contributed by atoms with Gasteiger partial charge in [0.25, 0.3) is 0 Å². The topological polar surface area (TPSA) is 107 Å². The van der Waals surface area contributed by atoms with Crippen LogP contribution >= 0.6 is 0 Å². The van der Waals surface area contributed by atoms with E-state index in [0.29, 0.717) is 24.4 Å². The molecule has 0 unspecified atom stereocenters. The Bertz CT molecular complexity index is 432. The van der Waals surface area contributed by atoms with Crippen molar-refractivity contribution in [1.29, 1.82) is 0 Å². The minimum Gasteiger partial charge on any atom is -0.493 e. The van der Waals surface area contributed by atoms with Gasteiger partial charge in [0.05, 0.1) is 13.0 Å². The molecule has 20 heavy (non-hydrogen) atoms. The first-order valence-electron chi connectivity index (χ1n) is 6.63. The van der Waals surface area contributed by atoms with Crippen molar-refractivity contribution in [3.8, 4) is 5.75 Å². The summed E-state index contributed by atoms with van der Waals surface area (Å²) in [4.78, 5) is 22.1. The second-order valence-electron chi connectivity index (χ2n) is 4.38. The summed E-state index contributed by atoms with van der Waals surface area (Å²) in [5.41, 5.74) is 11.1. The molecule has 0 aromatic heterocycles. The number of rotatable bonds is 9. The van der Waals surface area contributed by atoms with Gasteiger partial charge in [-0.25, -0.2) is 0 Å². The van der Waals surface area contributed by atoms with E-state index in [1.54, 1.807) is 24.3 Å². The van der Waals surface area contributed by atoms with Crippen LogP contribution in [0.3, 0.4) is 0 Å². The maximum absolute atomic E-state index is 11.6. The Morgan fingerprint density at radius 2 is 1.80 bits per heavy atom. The fourth-order valence-electron chi connectivity index (χ4n) is 1.56. The molecule has 0 saturated carbocycles. The minimum atomic E-state index is -0.397. The van der Waals surface area contributed by atoms with Crippen LogP contribution in [0.1, 0.15) is 25.7 Å². The van der Waals surface area contributed by atoms with E-state index in [9.17, 15) is 9.59 Å². The van der Waals surface area contributed by atoms with Crippen LogP contribution in [0, 0.1) is 0 Å². The van der Waals surface area contributed by atoms with E-state index in [2.05, 4.69) is 5.32 Å². The van der Waals surface area contributed by atoms with Crippen LogP contribution in [0.4, 0.5) is 5.69 Å². The molecule has 110 valence electrons. The Kier molecular flexibility index (Phi) is 7.13. The molecule has 0 aliphatic rings. The third-order valence-corrected chi connectivity index (χ3v) is 2.61. The molecule has 0 spiro atoms. The number of benzene rings is 1. The number of ether oxygens (including phenoxy) is 1. The Hall–Kier alpha value is -2.08. The number of nitrogens with one attached hydrogen (secondary N) is 1. The zero-order chi connectivity index (χ0) is 14.8. The van der Waals surface area contributed by atoms with Crippen molar-refractivity contribution < 1.29 is 14.3 Å². The number of anilines is 1. The molecule has 0 aliphatic heterocycles. The van der Waals surface area contributed by atoms with Crippen LogP contribution < -0.4 is 21.5 Å². The van der Waals surface area contributed by atoms with Gasteiger partial charge in [0.2, 0.25) is 11.8 Å². The van der Waals surface area contributed by atoms with Gasteiger partial charge in [0.1, 0.15) is 5.75 Å². The number of hydrogen-bond donors (Lipinski definition) is 3. The van der Waals surface area contributed by atoms with Crippen LogP contribution in [0.25, 0.3) is 0 Å². The van der Waals surface area contributed by atoms with Crippen LogP contribution in [0.2, 0.25) is 0 Å². The quantitative estimate of drug-likeness (QED) is 0.586. The maximum Gasteiger partial charge on any atom is 0.224 e. The molecule has 0 aliphatic carbocycles. The summed E-state index contributed by atoms with van der Waals surface area (Å²) in [6, 6.07) is 6.97. The van der Waals surface area contributed by atoms with E-state index in [4.69, 9.17) is 16.2 Å². The Morgan fingerprint density at radius 1 is 1.10 bits per heavy atom. The van der Waals surface area contributed by atoms with Gasteiger partial charge in [-0.2, -0.15) is 0 Å². The molecule has 1 rings (SSSR count). The lowest BCUT2D eigenvalue weighted by atomic mass is 10.2. The standard InChI is InChI=1S/C14H21N3O3/c15-9-2-1-3-14(19)17-11-4-6-12(7-5-11)20-10-8-13(16)18/h4-7H,1-3,8-10,15H2,(H2,16,18)(H,17,19). The number of carbonyl (C=O) groups excluding carboxylic acids is 2. The first-order chi connectivity index (χ1) is 9.61. The third kappa shape index (κ3) is 6.75. The average molecular weight is 279 g/mol. The van der Waals surface area contributed by atoms with Gasteiger partial charge in [-0.3, -0.25) is 9.59 Å². The Labute approximate surface area is 118 Å². The lowest BCUT2D eigenvalue weighted by molar-refractivity contribution is -0.118. The van der Waals surface area contributed by atoms with Crippen molar-refractivity contribution in [1.82, 2.24) is 0 Å². The van der Waals surface area contributed by atoms with Gasteiger partial charge in [0, 0.05) is 12.1 Å².